The number of aromatic nitrogens is 3. The first-order chi connectivity index (χ1) is 10.2. The highest BCUT2D eigenvalue weighted by molar-refractivity contribution is 6.05. The lowest BCUT2D eigenvalue weighted by Crippen LogP contribution is -2.22. The molecule has 1 aromatic heterocycles. The number of hydrogen-bond donors (Lipinski definition) is 1. The smallest absolute Gasteiger partial charge is 0.267 e. The Hall–Kier alpha value is -2.95. The number of nitrogens with one attached hydrogen (secondary N) is 1. The quantitative estimate of drug-likeness (QED) is 0.801. The second-order valence-electron chi connectivity index (χ2n) is 4.73. The highest BCUT2D eigenvalue weighted by Crippen LogP contribution is 2.24. The number of aryl methyl sites for hydroxylation is 1. The summed E-state index contributed by atoms with van der Waals surface area (Å²) in [7, 11) is 0. The zero-order valence-corrected chi connectivity index (χ0v) is 11.5. The average Bonchev–Trinajstić information content (AvgIpc) is 3.00. The van der Waals surface area contributed by atoms with Crippen LogP contribution in [0.4, 0.5) is 0 Å². The first kappa shape index (κ1) is 13.1. The van der Waals surface area contributed by atoms with Crippen molar-refractivity contribution in [3.8, 4) is 11.1 Å². The molecule has 0 bridgehead atoms. The summed E-state index contributed by atoms with van der Waals surface area (Å²) in [6, 6.07) is 15.6. The van der Waals surface area contributed by atoms with Crippen molar-refractivity contribution >= 4 is 5.91 Å². The SMILES string of the molecule is Cc1cccc(-c2ccccc2C(=O)Nn2cnnc2)c1. The summed E-state index contributed by atoms with van der Waals surface area (Å²) in [5, 5.41) is 7.32. The molecule has 3 rings (SSSR count). The van der Waals surface area contributed by atoms with Crippen molar-refractivity contribution in [2.75, 3.05) is 5.43 Å². The predicted octanol–water partition coefficient (Wildman–Crippen LogP) is 2.64. The van der Waals surface area contributed by atoms with Crippen molar-refractivity contribution in [3.63, 3.8) is 0 Å². The van der Waals surface area contributed by atoms with Gasteiger partial charge in [-0.15, -0.1) is 10.2 Å². The lowest BCUT2D eigenvalue weighted by atomic mass is 9.98. The molecule has 0 unspecified atom stereocenters. The average molecular weight is 278 g/mol. The summed E-state index contributed by atoms with van der Waals surface area (Å²) in [6.45, 7) is 2.03. The minimum Gasteiger partial charge on any atom is -0.267 e. The standard InChI is InChI=1S/C16H14N4O/c1-12-5-4-6-13(9-12)14-7-2-3-8-15(14)16(21)19-20-10-17-18-11-20/h2-11H,1H3,(H,19,21). The monoisotopic (exact) mass is 278 g/mol. The van der Waals surface area contributed by atoms with Gasteiger partial charge in [0.25, 0.3) is 5.91 Å². The van der Waals surface area contributed by atoms with Crippen molar-refractivity contribution in [1.29, 1.82) is 0 Å². The van der Waals surface area contributed by atoms with Crippen molar-refractivity contribution in [2.45, 2.75) is 6.92 Å². The van der Waals surface area contributed by atoms with E-state index in [0.29, 0.717) is 5.56 Å². The third-order valence-electron chi connectivity index (χ3n) is 3.15. The van der Waals surface area contributed by atoms with E-state index in [4.69, 9.17) is 0 Å². The van der Waals surface area contributed by atoms with Crippen LogP contribution >= 0.6 is 0 Å². The van der Waals surface area contributed by atoms with Crippen LogP contribution in [0.3, 0.4) is 0 Å². The molecule has 1 N–H and O–H groups in total. The van der Waals surface area contributed by atoms with Gasteiger partial charge in [-0.05, 0) is 24.1 Å². The minimum atomic E-state index is -0.202. The number of carbonyl (C=O) groups excluding carboxylic acids is 1. The van der Waals surface area contributed by atoms with Crippen molar-refractivity contribution in [1.82, 2.24) is 14.9 Å². The maximum atomic E-state index is 12.4. The van der Waals surface area contributed by atoms with Crippen LogP contribution in [0.1, 0.15) is 15.9 Å². The molecule has 0 aliphatic rings. The van der Waals surface area contributed by atoms with E-state index in [2.05, 4.69) is 21.7 Å². The molecule has 0 atom stereocenters. The molecule has 1 amide bonds. The molecule has 0 radical (unpaired) electrons. The lowest BCUT2D eigenvalue weighted by Gasteiger charge is -2.10. The summed E-state index contributed by atoms with van der Waals surface area (Å²) >= 11 is 0. The van der Waals surface area contributed by atoms with Crippen molar-refractivity contribution < 1.29 is 4.79 Å². The Morgan fingerprint density at radius 2 is 1.81 bits per heavy atom. The summed E-state index contributed by atoms with van der Waals surface area (Å²) in [5.74, 6) is -0.202. The fraction of sp³-hybridized carbons (Fsp3) is 0.0625. The van der Waals surface area contributed by atoms with Crippen LogP contribution in [0.25, 0.3) is 11.1 Å². The molecule has 1 heterocycles. The Morgan fingerprint density at radius 1 is 1.05 bits per heavy atom. The normalized spacial score (nSPS) is 10.3. The highest BCUT2D eigenvalue weighted by atomic mass is 16.2. The summed E-state index contributed by atoms with van der Waals surface area (Å²) in [6.07, 6.45) is 2.88. The molecule has 5 nitrogen and oxygen atoms in total. The topological polar surface area (TPSA) is 59.8 Å². The minimum absolute atomic E-state index is 0.202. The molecule has 2 aromatic carbocycles. The maximum Gasteiger partial charge on any atom is 0.270 e. The molecule has 0 saturated carbocycles. The number of amides is 1. The van der Waals surface area contributed by atoms with E-state index in [9.17, 15) is 4.79 Å². The summed E-state index contributed by atoms with van der Waals surface area (Å²) in [4.78, 5) is 12.4. The van der Waals surface area contributed by atoms with Crippen LogP contribution in [-0.4, -0.2) is 20.8 Å². The van der Waals surface area contributed by atoms with E-state index in [1.165, 1.54) is 17.3 Å². The van der Waals surface area contributed by atoms with E-state index in [0.717, 1.165) is 16.7 Å². The molecule has 3 aromatic rings. The Morgan fingerprint density at radius 3 is 2.57 bits per heavy atom. The predicted molar refractivity (Wildman–Crippen MR) is 80.3 cm³/mol. The Balaban J connectivity index is 1.98. The molecule has 5 heteroatoms. The van der Waals surface area contributed by atoms with Gasteiger partial charge >= 0.3 is 0 Å². The zero-order chi connectivity index (χ0) is 14.7. The van der Waals surface area contributed by atoms with E-state index >= 15 is 0 Å². The van der Waals surface area contributed by atoms with Gasteiger partial charge in [0.2, 0.25) is 0 Å². The molecule has 0 aliphatic heterocycles. The number of carbonyl (C=O) groups is 1. The summed E-state index contributed by atoms with van der Waals surface area (Å²) < 4.78 is 1.43. The molecule has 104 valence electrons. The van der Waals surface area contributed by atoms with Gasteiger partial charge in [0.15, 0.2) is 0 Å². The third kappa shape index (κ3) is 2.81. The third-order valence-corrected chi connectivity index (χ3v) is 3.15. The molecule has 0 saturated heterocycles. The van der Waals surface area contributed by atoms with Gasteiger partial charge in [0.1, 0.15) is 12.7 Å². The van der Waals surface area contributed by atoms with Gasteiger partial charge in [-0.25, -0.2) is 4.68 Å². The van der Waals surface area contributed by atoms with Gasteiger partial charge in [-0.2, -0.15) is 0 Å². The highest BCUT2D eigenvalue weighted by Gasteiger charge is 2.12. The molecular formula is C16H14N4O. The Bertz CT molecular complexity index is 765. The van der Waals surface area contributed by atoms with Crippen molar-refractivity contribution in [3.05, 3.63) is 72.3 Å². The van der Waals surface area contributed by atoms with E-state index in [1.807, 2.05) is 43.3 Å². The number of benzene rings is 2. The fourth-order valence-corrected chi connectivity index (χ4v) is 2.18. The van der Waals surface area contributed by atoms with Crippen LogP contribution in [0.5, 0.6) is 0 Å². The van der Waals surface area contributed by atoms with Crippen molar-refractivity contribution in [2.24, 2.45) is 0 Å². The molecular weight excluding hydrogens is 264 g/mol. The fourth-order valence-electron chi connectivity index (χ4n) is 2.18. The van der Waals surface area contributed by atoms with Crippen LogP contribution in [0.15, 0.2) is 61.2 Å². The van der Waals surface area contributed by atoms with Crippen LogP contribution in [0.2, 0.25) is 0 Å². The first-order valence-corrected chi connectivity index (χ1v) is 6.56. The number of rotatable bonds is 3. The van der Waals surface area contributed by atoms with Gasteiger partial charge in [-0.1, -0.05) is 48.0 Å². The van der Waals surface area contributed by atoms with Crippen LogP contribution in [0, 0.1) is 6.92 Å². The maximum absolute atomic E-state index is 12.4. The Kier molecular flexibility index (Phi) is 3.47. The van der Waals surface area contributed by atoms with Gasteiger partial charge in [0, 0.05) is 5.56 Å². The molecule has 0 fully saturated rings. The largest absolute Gasteiger partial charge is 0.270 e. The van der Waals surface area contributed by atoms with E-state index < -0.39 is 0 Å². The molecule has 0 spiro atoms. The van der Waals surface area contributed by atoms with Gasteiger partial charge in [0.05, 0.1) is 0 Å². The van der Waals surface area contributed by atoms with E-state index in [1.54, 1.807) is 6.07 Å². The van der Waals surface area contributed by atoms with Gasteiger partial charge < -0.3 is 0 Å². The molecule has 0 aliphatic carbocycles. The van der Waals surface area contributed by atoms with Gasteiger partial charge in [-0.3, -0.25) is 10.2 Å². The number of nitrogens with zero attached hydrogens (tertiary/aromatic N) is 3. The van der Waals surface area contributed by atoms with Crippen LogP contribution in [-0.2, 0) is 0 Å². The number of hydrogen-bond acceptors (Lipinski definition) is 3. The molecule has 21 heavy (non-hydrogen) atoms. The Labute approximate surface area is 122 Å². The second kappa shape index (κ2) is 5.58. The first-order valence-electron chi connectivity index (χ1n) is 6.56. The second-order valence-corrected chi connectivity index (χ2v) is 4.73. The van der Waals surface area contributed by atoms with Crippen LogP contribution < -0.4 is 5.43 Å². The zero-order valence-electron chi connectivity index (χ0n) is 11.5. The lowest BCUT2D eigenvalue weighted by molar-refractivity contribution is 0.101. The summed E-state index contributed by atoms with van der Waals surface area (Å²) in [5.41, 5.74) is 6.39. The van der Waals surface area contributed by atoms with E-state index in [-0.39, 0.29) is 5.91 Å².